The van der Waals surface area contributed by atoms with E-state index in [2.05, 4.69) is 15.4 Å². The third-order valence-corrected chi connectivity index (χ3v) is 3.03. The molecule has 0 amide bonds. The Morgan fingerprint density at radius 1 is 1.47 bits per heavy atom. The van der Waals surface area contributed by atoms with Crippen molar-refractivity contribution in [2.75, 3.05) is 17.6 Å². The minimum Gasteiger partial charge on any atom is -0.468 e. The molecule has 0 aromatic heterocycles. The number of ether oxygens (including phenoxy) is 1. The molecule has 0 aliphatic rings. The molecule has 0 saturated carbocycles. The molecule has 5 nitrogen and oxygen atoms in total. The van der Waals surface area contributed by atoms with E-state index in [9.17, 15) is 13.2 Å². The van der Waals surface area contributed by atoms with E-state index in [1.807, 2.05) is 0 Å². The van der Waals surface area contributed by atoms with Gasteiger partial charge in [-0.15, -0.1) is 6.42 Å². The number of para-hydroxylation sites is 1. The number of carbonyl (C=O) groups excluding carboxylic acids is 1. The van der Waals surface area contributed by atoms with Gasteiger partial charge in [-0.25, -0.2) is 8.42 Å². The lowest BCUT2D eigenvalue weighted by Crippen LogP contribution is -2.24. The number of hydrogen-bond donors (Lipinski definition) is 1. The summed E-state index contributed by atoms with van der Waals surface area (Å²) in [6, 6.07) is 6.43. The summed E-state index contributed by atoms with van der Waals surface area (Å²) in [5.41, 5.74) is 0.667. The number of anilines is 1. The molecule has 1 N–H and O–H groups in total. The van der Waals surface area contributed by atoms with Crippen molar-refractivity contribution in [2.45, 2.75) is 0 Å². The highest BCUT2D eigenvalue weighted by Gasteiger charge is 2.17. The minimum absolute atomic E-state index is 0.263. The molecule has 0 unspecified atom stereocenters. The summed E-state index contributed by atoms with van der Waals surface area (Å²) in [5, 5.41) is 0. The van der Waals surface area contributed by atoms with Gasteiger partial charge in [0, 0.05) is 5.56 Å². The molecule has 6 heteroatoms. The summed E-state index contributed by atoms with van der Waals surface area (Å²) in [5.74, 6) is 0.757. The number of carbonyl (C=O) groups is 1. The van der Waals surface area contributed by atoms with Gasteiger partial charge in [0.05, 0.1) is 12.8 Å². The third-order valence-electron chi connectivity index (χ3n) is 1.88. The zero-order valence-corrected chi connectivity index (χ0v) is 9.95. The molecule has 1 rings (SSSR count). The second-order valence-corrected chi connectivity index (χ2v) is 4.85. The largest absolute Gasteiger partial charge is 0.468 e. The maximum Gasteiger partial charge on any atom is 0.322 e. The van der Waals surface area contributed by atoms with E-state index >= 15 is 0 Å². The Kier molecular flexibility index (Phi) is 4.12. The fourth-order valence-corrected chi connectivity index (χ4v) is 2.13. The lowest BCUT2D eigenvalue weighted by Gasteiger charge is -2.08. The lowest BCUT2D eigenvalue weighted by atomic mass is 10.2. The molecule has 0 saturated heterocycles. The first kappa shape index (κ1) is 13.1. The van der Waals surface area contributed by atoms with Crippen molar-refractivity contribution in [1.82, 2.24) is 0 Å². The standard InChI is InChI=1S/C11H11NO4S/c1-3-9-6-4-5-7-10(9)12-17(14,15)8-11(13)16-2/h1,4-7,12H,8H2,2H3. The van der Waals surface area contributed by atoms with Crippen molar-refractivity contribution in [3.8, 4) is 12.3 Å². The molecule has 1 aromatic carbocycles. The van der Waals surface area contributed by atoms with E-state index in [-0.39, 0.29) is 5.69 Å². The molecule has 17 heavy (non-hydrogen) atoms. The third kappa shape index (κ3) is 3.81. The summed E-state index contributed by atoms with van der Waals surface area (Å²) in [6.07, 6.45) is 5.22. The Morgan fingerprint density at radius 3 is 2.71 bits per heavy atom. The van der Waals surface area contributed by atoms with Crippen LogP contribution in [0.5, 0.6) is 0 Å². The van der Waals surface area contributed by atoms with E-state index in [0.717, 1.165) is 7.11 Å². The SMILES string of the molecule is C#Cc1ccccc1NS(=O)(=O)CC(=O)OC. The summed E-state index contributed by atoms with van der Waals surface area (Å²) >= 11 is 0. The molecule has 0 heterocycles. The monoisotopic (exact) mass is 253 g/mol. The van der Waals surface area contributed by atoms with Crippen molar-refractivity contribution in [1.29, 1.82) is 0 Å². The highest BCUT2D eigenvalue weighted by atomic mass is 32.2. The molecule has 0 fully saturated rings. The second kappa shape index (κ2) is 5.37. The zero-order chi connectivity index (χ0) is 12.9. The summed E-state index contributed by atoms with van der Waals surface area (Å²) in [7, 11) is -2.68. The van der Waals surface area contributed by atoms with Crippen molar-refractivity contribution in [2.24, 2.45) is 0 Å². The number of nitrogens with one attached hydrogen (secondary N) is 1. The van der Waals surface area contributed by atoms with Gasteiger partial charge in [0.1, 0.15) is 0 Å². The van der Waals surface area contributed by atoms with E-state index in [1.54, 1.807) is 18.2 Å². The molecule has 90 valence electrons. The maximum atomic E-state index is 11.6. The van der Waals surface area contributed by atoms with Crippen LogP contribution in [0.25, 0.3) is 0 Å². The van der Waals surface area contributed by atoms with Crippen molar-refractivity contribution in [3.05, 3.63) is 29.8 Å². The number of sulfonamides is 1. The second-order valence-electron chi connectivity index (χ2n) is 3.13. The normalized spacial score (nSPS) is 10.4. The predicted octanol–water partition coefficient (Wildman–Crippen LogP) is 0.583. The van der Waals surface area contributed by atoms with Crippen molar-refractivity contribution >= 4 is 21.7 Å². The van der Waals surface area contributed by atoms with Gasteiger partial charge in [-0.2, -0.15) is 0 Å². The Labute approximate surface area is 99.8 Å². The van der Waals surface area contributed by atoms with Crippen LogP contribution in [0.1, 0.15) is 5.56 Å². The lowest BCUT2D eigenvalue weighted by molar-refractivity contribution is -0.137. The van der Waals surface area contributed by atoms with Crippen LogP contribution < -0.4 is 4.72 Å². The molecule has 0 bridgehead atoms. The van der Waals surface area contributed by atoms with Gasteiger partial charge in [-0.3, -0.25) is 9.52 Å². The molecule has 0 aliphatic carbocycles. The number of terminal acetylenes is 1. The van der Waals surface area contributed by atoms with Crippen LogP contribution in [-0.4, -0.2) is 27.2 Å². The molecule has 1 aromatic rings. The number of methoxy groups -OCH3 is 1. The van der Waals surface area contributed by atoms with Gasteiger partial charge in [-0.1, -0.05) is 18.1 Å². The van der Waals surface area contributed by atoms with E-state index in [0.29, 0.717) is 5.56 Å². The van der Waals surface area contributed by atoms with Gasteiger partial charge < -0.3 is 4.74 Å². The van der Waals surface area contributed by atoms with E-state index in [1.165, 1.54) is 6.07 Å². The molecule has 0 radical (unpaired) electrons. The molecular formula is C11H11NO4S. The zero-order valence-electron chi connectivity index (χ0n) is 9.14. The maximum absolute atomic E-state index is 11.6. The van der Waals surface area contributed by atoms with Crippen LogP contribution in [0.4, 0.5) is 5.69 Å². The van der Waals surface area contributed by atoms with E-state index in [4.69, 9.17) is 6.42 Å². The van der Waals surface area contributed by atoms with Crippen molar-refractivity contribution < 1.29 is 17.9 Å². The molecular weight excluding hydrogens is 242 g/mol. The topological polar surface area (TPSA) is 72.5 Å². The number of hydrogen-bond acceptors (Lipinski definition) is 4. The smallest absolute Gasteiger partial charge is 0.322 e. The number of benzene rings is 1. The van der Waals surface area contributed by atoms with Crippen LogP contribution in [0.15, 0.2) is 24.3 Å². The van der Waals surface area contributed by atoms with Gasteiger partial charge in [0.25, 0.3) is 0 Å². The summed E-state index contributed by atoms with van der Waals surface area (Å²) < 4.78 is 29.6. The van der Waals surface area contributed by atoms with Gasteiger partial charge >= 0.3 is 5.97 Å². The average molecular weight is 253 g/mol. The van der Waals surface area contributed by atoms with Crippen LogP contribution in [0.3, 0.4) is 0 Å². The van der Waals surface area contributed by atoms with Crippen LogP contribution in [0, 0.1) is 12.3 Å². The molecule has 0 atom stereocenters. The van der Waals surface area contributed by atoms with Crippen LogP contribution in [0.2, 0.25) is 0 Å². The van der Waals surface area contributed by atoms with Gasteiger partial charge in [0.15, 0.2) is 5.75 Å². The molecule has 0 aliphatic heterocycles. The van der Waals surface area contributed by atoms with Crippen LogP contribution in [-0.2, 0) is 19.6 Å². The quantitative estimate of drug-likeness (QED) is 0.629. The number of rotatable bonds is 4. The van der Waals surface area contributed by atoms with Crippen molar-refractivity contribution in [3.63, 3.8) is 0 Å². The average Bonchev–Trinajstić information content (AvgIpc) is 2.28. The first-order valence-corrected chi connectivity index (χ1v) is 6.26. The Balaban J connectivity index is 2.91. The van der Waals surface area contributed by atoms with Gasteiger partial charge in [0.2, 0.25) is 10.0 Å². The van der Waals surface area contributed by atoms with Gasteiger partial charge in [-0.05, 0) is 12.1 Å². The first-order valence-electron chi connectivity index (χ1n) is 4.61. The summed E-state index contributed by atoms with van der Waals surface area (Å²) in [4.78, 5) is 10.9. The first-order chi connectivity index (χ1) is 7.98. The number of esters is 1. The fraction of sp³-hybridized carbons (Fsp3) is 0.182. The Morgan fingerprint density at radius 2 is 2.12 bits per heavy atom. The minimum atomic E-state index is -3.80. The molecule has 0 spiro atoms. The summed E-state index contributed by atoms with van der Waals surface area (Å²) in [6.45, 7) is 0. The Hall–Kier alpha value is -2.00. The highest BCUT2D eigenvalue weighted by Crippen LogP contribution is 2.15. The van der Waals surface area contributed by atoms with E-state index < -0.39 is 21.7 Å². The fourth-order valence-electron chi connectivity index (χ4n) is 1.12. The Bertz CT molecular complexity index is 557. The van der Waals surface area contributed by atoms with Crippen LogP contribution >= 0.6 is 0 Å². The highest BCUT2D eigenvalue weighted by molar-refractivity contribution is 7.93. The predicted molar refractivity (Wildman–Crippen MR) is 63.8 cm³/mol.